The summed E-state index contributed by atoms with van der Waals surface area (Å²) in [5.41, 5.74) is 5.44. The molecule has 3 heteroatoms. The quantitative estimate of drug-likeness (QED) is 0.238. The van der Waals surface area contributed by atoms with E-state index in [-0.39, 0.29) is 0 Å². The Labute approximate surface area is 228 Å². The minimum Gasteiger partial charge on any atom is -0.497 e. The lowest BCUT2D eigenvalue weighted by Crippen LogP contribution is -2.30. The zero-order chi connectivity index (χ0) is 26.6. The summed E-state index contributed by atoms with van der Waals surface area (Å²) < 4.78 is 17.8. The summed E-state index contributed by atoms with van der Waals surface area (Å²) in [4.78, 5) is 0. The summed E-state index contributed by atoms with van der Waals surface area (Å²) in [7, 11) is 3.41. The average Bonchev–Trinajstić information content (AvgIpc) is 3.00. The van der Waals surface area contributed by atoms with Gasteiger partial charge in [0.1, 0.15) is 23.0 Å². The fraction of sp³-hybridized carbons (Fsp3) is 0.111. The lowest BCUT2D eigenvalue weighted by atomic mass is 9.66. The van der Waals surface area contributed by atoms with Crippen LogP contribution in [0.4, 0.5) is 0 Å². The Balaban J connectivity index is 1.54. The first-order valence-electron chi connectivity index (χ1n) is 13.2. The molecule has 6 aromatic carbocycles. The second kappa shape index (κ2) is 8.92. The van der Waals surface area contributed by atoms with Crippen molar-refractivity contribution in [2.45, 2.75) is 12.3 Å². The Kier molecular flexibility index (Phi) is 5.34. The van der Waals surface area contributed by atoms with E-state index in [0.717, 1.165) is 55.7 Å². The van der Waals surface area contributed by atoms with Crippen LogP contribution in [-0.4, -0.2) is 14.2 Å². The third-order valence-electron chi connectivity index (χ3n) is 8.17. The van der Waals surface area contributed by atoms with Crippen molar-refractivity contribution in [2.24, 2.45) is 0 Å². The molecule has 0 spiro atoms. The largest absolute Gasteiger partial charge is 0.497 e. The van der Waals surface area contributed by atoms with E-state index in [1.54, 1.807) is 14.2 Å². The van der Waals surface area contributed by atoms with Gasteiger partial charge in [-0.15, -0.1) is 0 Å². The molecule has 0 fully saturated rings. The minimum absolute atomic E-state index is 0.486. The van der Waals surface area contributed by atoms with Gasteiger partial charge in [-0.25, -0.2) is 0 Å². The lowest BCUT2D eigenvalue weighted by Gasteiger charge is -2.40. The highest BCUT2D eigenvalue weighted by Crippen LogP contribution is 2.56. The first-order valence-corrected chi connectivity index (χ1v) is 13.2. The monoisotopic (exact) mass is 508 g/mol. The molecule has 1 aliphatic rings. The van der Waals surface area contributed by atoms with E-state index in [1.807, 2.05) is 12.1 Å². The van der Waals surface area contributed by atoms with Gasteiger partial charge in [-0.3, -0.25) is 0 Å². The molecule has 0 bridgehead atoms. The molecule has 3 nitrogen and oxygen atoms in total. The third-order valence-corrected chi connectivity index (χ3v) is 8.17. The molecule has 0 unspecified atom stereocenters. The van der Waals surface area contributed by atoms with E-state index < -0.39 is 5.41 Å². The van der Waals surface area contributed by atoms with Crippen molar-refractivity contribution in [3.63, 3.8) is 0 Å². The highest BCUT2D eigenvalue weighted by atomic mass is 16.5. The second-order valence-corrected chi connectivity index (χ2v) is 10.2. The van der Waals surface area contributed by atoms with Crippen molar-refractivity contribution < 1.29 is 14.2 Å². The van der Waals surface area contributed by atoms with E-state index in [2.05, 4.69) is 110 Å². The van der Waals surface area contributed by atoms with Gasteiger partial charge in [-0.1, -0.05) is 78.9 Å². The average molecular weight is 509 g/mol. The minimum atomic E-state index is -0.486. The Bertz CT molecular complexity index is 1760. The van der Waals surface area contributed by atoms with Crippen LogP contribution in [0.5, 0.6) is 23.0 Å². The van der Waals surface area contributed by atoms with E-state index in [1.165, 1.54) is 16.7 Å². The van der Waals surface area contributed by atoms with Gasteiger partial charge in [0.05, 0.1) is 19.6 Å². The Morgan fingerprint density at radius 1 is 0.538 bits per heavy atom. The zero-order valence-electron chi connectivity index (χ0n) is 22.2. The summed E-state index contributed by atoms with van der Waals surface area (Å²) in [5.74, 6) is 3.43. The number of rotatable bonds is 4. The lowest BCUT2D eigenvalue weighted by molar-refractivity contribution is 0.415. The van der Waals surface area contributed by atoms with Crippen LogP contribution in [0.15, 0.2) is 115 Å². The van der Waals surface area contributed by atoms with Gasteiger partial charge >= 0.3 is 0 Å². The fourth-order valence-corrected chi connectivity index (χ4v) is 6.19. The number of hydrogen-bond donors (Lipinski definition) is 0. The first kappa shape index (κ1) is 23.4. The molecule has 0 saturated carbocycles. The molecule has 190 valence electrons. The van der Waals surface area contributed by atoms with E-state index in [9.17, 15) is 0 Å². The number of methoxy groups -OCH3 is 2. The molecule has 0 atom stereocenters. The van der Waals surface area contributed by atoms with Crippen LogP contribution in [0.1, 0.15) is 23.6 Å². The molecule has 0 aliphatic carbocycles. The standard InChI is InChI=1S/C36H28O3/c1-36(27-13-9-24(10-14-27)23-7-5-4-6-8-23)34-30-17-15-28(37-2)21-25(30)11-19-32(34)39-33-20-12-26-22-29(38-3)16-18-31(26)35(33)36/h4-22H,1-3H3. The summed E-state index contributed by atoms with van der Waals surface area (Å²) in [6.07, 6.45) is 0. The molecule has 0 N–H and O–H groups in total. The number of ether oxygens (including phenoxy) is 3. The van der Waals surface area contributed by atoms with Crippen LogP contribution in [-0.2, 0) is 5.41 Å². The predicted molar refractivity (Wildman–Crippen MR) is 159 cm³/mol. The normalized spacial score (nSPS) is 13.4. The SMILES string of the molecule is COc1ccc2c3c(ccc2c1)Oc1ccc2cc(OC)ccc2c1C3(C)c1ccc(-c2ccccc2)cc1. The van der Waals surface area contributed by atoms with Crippen LogP contribution in [0.25, 0.3) is 32.7 Å². The maximum absolute atomic E-state index is 6.65. The summed E-state index contributed by atoms with van der Waals surface area (Å²) in [6.45, 7) is 2.33. The Hall–Kier alpha value is -4.76. The van der Waals surface area contributed by atoms with Crippen LogP contribution in [0.3, 0.4) is 0 Å². The van der Waals surface area contributed by atoms with Crippen molar-refractivity contribution in [3.05, 3.63) is 132 Å². The van der Waals surface area contributed by atoms with Crippen LogP contribution in [0, 0.1) is 0 Å². The van der Waals surface area contributed by atoms with Gasteiger partial charge in [-0.05, 0) is 81.6 Å². The van der Waals surface area contributed by atoms with Crippen molar-refractivity contribution >= 4 is 21.5 Å². The van der Waals surface area contributed by atoms with Gasteiger partial charge in [0.25, 0.3) is 0 Å². The number of hydrogen-bond acceptors (Lipinski definition) is 3. The van der Waals surface area contributed by atoms with Gasteiger partial charge < -0.3 is 14.2 Å². The van der Waals surface area contributed by atoms with Gasteiger partial charge in [0, 0.05) is 11.1 Å². The second-order valence-electron chi connectivity index (χ2n) is 10.2. The molecular formula is C36H28O3. The molecule has 0 amide bonds. The summed E-state index contributed by atoms with van der Waals surface area (Å²) in [6, 6.07) is 40.5. The molecule has 0 radical (unpaired) electrons. The van der Waals surface area contributed by atoms with Crippen molar-refractivity contribution in [3.8, 4) is 34.1 Å². The summed E-state index contributed by atoms with van der Waals surface area (Å²) >= 11 is 0. The molecule has 0 saturated heterocycles. The number of benzene rings is 6. The van der Waals surface area contributed by atoms with Crippen LogP contribution < -0.4 is 14.2 Å². The highest BCUT2D eigenvalue weighted by Gasteiger charge is 2.42. The highest BCUT2D eigenvalue weighted by molar-refractivity contribution is 5.97. The van der Waals surface area contributed by atoms with E-state index >= 15 is 0 Å². The van der Waals surface area contributed by atoms with Crippen LogP contribution >= 0.6 is 0 Å². The Morgan fingerprint density at radius 2 is 1.05 bits per heavy atom. The third kappa shape index (κ3) is 3.58. The molecule has 1 aliphatic heterocycles. The van der Waals surface area contributed by atoms with Gasteiger partial charge in [-0.2, -0.15) is 0 Å². The van der Waals surface area contributed by atoms with E-state index in [0.29, 0.717) is 0 Å². The van der Waals surface area contributed by atoms with Crippen molar-refractivity contribution in [2.75, 3.05) is 14.2 Å². The van der Waals surface area contributed by atoms with Gasteiger partial charge in [0.15, 0.2) is 0 Å². The fourth-order valence-electron chi connectivity index (χ4n) is 6.19. The molecule has 0 aromatic heterocycles. The molecule has 7 rings (SSSR count). The summed E-state index contributed by atoms with van der Waals surface area (Å²) in [5, 5.41) is 4.54. The molecule has 1 heterocycles. The first-order chi connectivity index (χ1) is 19.1. The zero-order valence-corrected chi connectivity index (χ0v) is 22.2. The van der Waals surface area contributed by atoms with Crippen molar-refractivity contribution in [1.82, 2.24) is 0 Å². The smallest absolute Gasteiger partial charge is 0.132 e. The molecular weight excluding hydrogens is 480 g/mol. The number of fused-ring (bicyclic) bond motifs is 6. The van der Waals surface area contributed by atoms with Gasteiger partial charge in [0.2, 0.25) is 0 Å². The maximum Gasteiger partial charge on any atom is 0.132 e. The van der Waals surface area contributed by atoms with E-state index in [4.69, 9.17) is 14.2 Å². The van der Waals surface area contributed by atoms with Crippen LogP contribution in [0.2, 0.25) is 0 Å². The molecule has 6 aromatic rings. The predicted octanol–water partition coefficient (Wildman–Crippen LogP) is 9.14. The van der Waals surface area contributed by atoms with Crippen molar-refractivity contribution in [1.29, 1.82) is 0 Å². The topological polar surface area (TPSA) is 27.7 Å². The maximum atomic E-state index is 6.65. The Morgan fingerprint density at radius 3 is 1.56 bits per heavy atom. The molecule has 39 heavy (non-hydrogen) atoms.